The van der Waals surface area contributed by atoms with Crippen LogP contribution >= 0.6 is 0 Å². The van der Waals surface area contributed by atoms with Crippen LogP contribution in [0.25, 0.3) is 0 Å². The summed E-state index contributed by atoms with van der Waals surface area (Å²) in [7, 11) is 0. The first kappa shape index (κ1) is 11.9. The van der Waals surface area contributed by atoms with Gasteiger partial charge >= 0.3 is 5.97 Å². The SMILES string of the molecule is C[C@@H](N)CC(=O)OC(C)(C)OC=O. The number of esters is 1. The van der Waals surface area contributed by atoms with E-state index in [0.29, 0.717) is 0 Å². The summed E-state index contributed by atoms with van der Waals surface area (Å²) in [4.78, 5) is 21.0. The molecule has 0 bridgehead atoms. The number of rotatable bonds is 5. The topological polar surface area (TPSA) is 78.6 Å². The summed E-state index contributed by atoms with van der Waals surface area (Å²) in [5.74, 6) is -1.70. The Balaban J connectivity index is 3.96. The van der Waals surface area contributed by atoms with E-state index < -0.39 is 11.8 Å². The Morgan fingerprint density at radius 3 is 2.54 bits per heavy atom. The van der Waals surface area contributed by atoms with Crippen LogP contribution in [0.3, 0.4) is 0 Å². The zero-order chi connectivity index (χ0) is 10.5. The Hall–Kier alpha value is -1.10. The van der Waals surface area contributed by atoms with Crippen LogP contribution < -0.4 is 5.73 Å². The minimum atomic E-state index is -1.21. The highest BCUT2D eigenvalue weighted by Gasteiger charge is 2.24. The van der Waals surface area contributed by atoms with Crippen LogP contribution in [0.15, 0.2) is 0 Å². The van der Waals surface area contributed by atoms with Gasteiger partial charge in [-0.2, -0.15) is 0 Å². The van der Waals surface area contributed by atoms with Crippen molar-refractivity contribution in [3.63, 3.8) is 0 Å². The Labute approximate surface area is 77.2 Å². The van der Waals surface area contributed by atoms with Gasteiger partial charge in [0.25, 0.3) is 12.3 Å². The lowest BCUT2D eigenvalue weighted by atomic mass is 10.2. The molecule has 0 aromatic rings. The molecule has 5 nitrogen and oxygen atoms in total. The van der Waals surface area contributed by atoms with E-state index in [9.17, 15) is 9.59 Å². The van der Waals surface area contributed by atoms with Crippen molar-refractivity contribution in [1.82, 2.24) is 0 Å². The molecule has 1 atom stereocenters. The number of hydrogen-bond donors (Lipinski definition) is 1. The summed E-state index contributed by atoms with van der Waals surface area (Å²) in [6.07, 6.45) is 0.103. The molecular weight excluding hydrogens is 174 g/mol. The summed E-state index contributed by atoms with van der Waals surface area (Å²) >= 11 is 0. The second-order valence-electron chi connectivity index (χ2n) is 3.27. The second kappa shape index (κ2) is 4.81. The van der Waals surface area contributed by atoms with Crippen LogP contribution in [0.5, 0.6) is 0 Å². The van der Waals surface area contributed by atoms with Crippen LogP contribution in [0.1, 0.15) is 27.2 Å². The van der Waals surface area contributed by atoms with E-state index in [1.807, 2.05) is 0 Å². The van der Waals surface area contributed by atoms with E-state index in [4.69, 9.17) is 10.5 Å². The number of carbonyl (C=O) groups is 2. The summed E-state index contributed by atoms with van der Waals surface area (Å²) in [5, 5.41) is 0. The summed E-state index contributed by atoms with van der Waals surface area (Å²) in [6.45, 7) is 4.87. The Morgan fingerprint density at radius 2 is 2.15 bits per heavy atom. The van der Waals surface area contributed by atoms with Crippen LogP contribution in [0, 0.1) is 0 Å². The minimum Gasteiger partial charge on any atom is -0.425 e. The van der Waals surface area contributed by atoms with Gasteiger partial charge in [-0.1, -0.05) is 0 Å². The third-order valence-electron chi connectivity index (χ3n) is 1.18. The van der Waals surface area contributed by atoms with Gasteiger partial charge in [-0.25, -0.2) is 0 Å². The minimum absolute atomic E-state index is 0.103. The molecule has 0 saturated heterocycles. The molecular formula is C8H15NO4. The molecule has 0 aliphatic rings. The van der Waals surface area contributed by atoms with Gasteiger partial charge in [-0.3, -0.25) is 9.59 Å². The van der Waals surface area contributed by atoms with Crippen LogP contribution in [-0.2, 0) is 19.1 Å². The van der Waals surface area contributed by atoms with Crippen LogP contribution in [0.4, 0.5) is 0 Å². The lowest BCUT2D eigenvalue weighted by Crippen LogP contribution is -2.33. The molecule has 0 aromatic carbocycles. The van der Waals surface area contributed by atoms with Gasteiger partial charge in [0.1, 0.15) is 0 Å². The highest BCUT2D eigenvalue weighted by molar-refractivity contribution is 5.70. The largest absolute Gasteiger partial charge is 0.425 e. The highest BCUT2D eigenvalue weighted by Crippen LogP contribution is 2.11. The predicted octanol–water partition coefficient (Wildman–Crippen LogP) is 0.176. The lowest BCUT2D eigenvalue weighted by Gasteiger charge is -2.22. The van der Waals surface area contributed by atoms with Crippen molar-refractivity contribution >= 4 is 12.4 Å². The van der Waals surface area contributed by atoms with Gasteiger partial charge in [-0.15, -0.1) is 0 Å². The van der Waals surface area contributed by atoms with E-state index in [0.717, 1.165) is 0 Å². The molecule has 0 rings (SSSR count). The zero-order valence-corrected chi connectivity index (χ0v) is 8.07. The van der Waals surface area contributed by atoms with E-state index in [1.165, 1.54) is 13.8 Å². The first-order valence-corrected chi connectivity index (χ1v) is 3.96. The van der Waals surface area contributed by atoms with Crippen molar-refractivity contribution in [1.29, 1.82) is 0 Å². The van der Waals surface area contributed by atoms with Crippen molar-refractivity contribution in [2.45, 2.75) is 39.0 Å². The summed E-state index contributed by atoms with van der Waals surface area (Å²) < 4.78 is 9.33. The standard InChI is InChI=1S/C8H15NO4/c1-6(9)4-7(11)13-8(2,3)12-5-10/h5-6H,4,9H2,1-3H3/t6-/m1/s1. The fourth-order valence-corrected chi connectivity index (χ4v) is 0.719. The van der Waals surface area contributed by atoms with Crippen molar-refractivity contribution < 1.29 is 19.1 Å². The van der Waals surface area contributed by atoms with E-state index >= 15 is 0 Å². The first-order valence-electron chi connectivity index (χ1n) is 3.96. The number of carbonyl (C=O) groups excluding carboxylic acids is 2. The second-order valence-corrected chi connectivity index (χ2v) is 3.27. The third kappa shape index (κ3) is 6.10. The number of ether oxygens (including phenoxy) is 2. The normalized spacial score (nSPS) is 13.2. The Bertz CT molecular complexity index is 189. The number of hydrogen-bond acceptors (Lipinski definition) is 5. The third-order valence-corrected chi connectivity index (χ3v) is 1.18. The highest BCUT2D eigenvalue weighted by atomic mass is 16.7. The van der Waals surface area contributed by atoms with Gasteiger partial charge in [-0.05, 0) is 6.92 Å². The molecule has 0 saturated carbocycles. The maximum absolute atomic E-state index is 11.0. The van der Waals surface area contributed by atoms with Gasteiger partial charge < -0.3 is 15.2 Å². The Morgan fingerprint density at radius 1 is 1.62 bits per heavy atom. The number of nitrogens with two attached hydrogens (primary N) is 1. The molecule has 0 amide bonds. The van der Waals surface area contributed by atoms with E-state index in [1.54, 1.807) is 6.92 Å². The molecule has 0 aliphatic carbocycles. The molecule has 0 unspecified atom stereocenters. The monoisotopic (exact) mass is 189 g/mol. The average Bonchev–Trinajstić information content (AvgIpc) is 1.81. The van der Waals surface area contributed by atoms with Crippen molar-refractivity contribution in [2.24, 2.45) is 5.73 Å². The quantitative estimate of drug-likeness (QED) is 0.379. The van der Waals surface area contributed by atoms with Crippen molar-refractivity contribution in [3.8, 4) is 0 Å². The first-order chi connectivity index (χ1) is 5.87. The molecule has 0 spiro atoms. The molecule has 0 heterocycles. The average molecular weight is 189 g/mol. The summed E-state index contributed by atoms with van der Waals surface area (Å²) in [6, 6.07) is -0.264. The maximum Gasteiger partial charge on any atom is 0.310 e. The molecule has 5 heteroatoms. The smallest absolute Gasteiger partial charge is 0.310 e. The van der Waals surface area contributed by atoms with Gasteiger partial charge in [0.05, 0.1) is 6.42 Å². The molecule has 0 radical (unpaired) electrons. The zero-order valence-electron chi connectivity index (χ0n) is 8.07. The van der Waals surface area contributed by atoms with E-state index in [-0.39, 0.29) is 18.9 Å². The molecule has 13 heavy (non-hydrogen) atoms. The molecule has 0 aromatic heterocycles. The predicted molar refractivity (Wildman–Crippen MR) is 45.6 cm³/mol. The fourth-order valence-electron chi connectivity index (χ4n) is 0.719. The summed E-state index contributed by atoms with van der Waals surface area (Å²) in [5.41, 5.74) is 5.37. The lowest BCUT2D eigenvalue weighted by molar-refractivity contribution is -0.207. The van der Waals surface area contributed by atoms with Crippen LogP contribution in [0.2, 0.25) is 0 Å². The van der Waals surface area contributed by atoms with Gasteiger partial charge in [0, 0.05) is 19.9 Å². The van der Waals surface area contributed by atoms with Crippen molar-refractivity contribution in [2.75, 3.05) is 0 Å². The van der Waals surface area contributed by atoms with Crippen LogP contribution in [-0.4, -0.2) is 24.3 Å². The molecule has 76 valence electrons. The maximum atomic E-state index is 11.0. The Kier molecular flexibility index (Phi) is 4.40. The molecule has 0 fully saturated rings. The van der Waals surface area contributed by atoms with Gasteiger partial charge in [0.15, 0.2) is 0 Å². The van der Waals surface area contributed by atoms with Crippen molar-refractivity contribution in [3.05, 3.63) is 0 Å². The van der Waals surface area contributed by atoms with E-state index in [2.05, 4.69) is 4.74 Å². The molecule has 0 aliphatic heterocycles. The molecule has 2 N–H and O–H groups in total. The fraction of sp³-hybridized carbons (Fsp3) is 0.750. The van der Waals surface area contributed by atoms with Gasteiger partial charge in [0.2, 0.25) is 0 Å².